The Hall–Kier alpha value is -3.84. The molecule has 0 unspecified atom stereocenters. The number of benzene rings is 1. The van der Waals surface area contributed by atoms with Gasteiger partial charge >= 0.3 is 6.18 Å². The molecule has 3 aliphatic heterocycles. The Bertz CT molecular complexity index is 1700. The number of nitrogens with zero attached hydrogens (tertiary/aromatic N) is 7. The SMILES string of the molecule is Cc1cc(C(F)(F)F)cc(N2C(=O)C[C@@H]3CN(Cc4cn5c(n4)CN(C(=O)CCl)[C@H](C)C5)c4c(Cl)cccc4N(C)C(=O)[C@H]32)n1. The second kappa shape index (κ2) is 11.5. The van der Waals surface area contributed by atoms with Crippen LogP contribution in [0.1, 0.15) is 36.1 Å². The molecule has 0 aliphatic carbocycles. The standard InChI is InChI=1S/C30H30Cl2F3N7O3/c1-16-7-19(30(33,34)35)9-23(36-16)42-25(43)8-18-12-40(28-21(32)5-4-6-22(28)38(3)29(45)27(18)42)14-20-13-39-11-17(2)41(26(44)10-31)15-24(39)37-20/h4-7,9,13,17-18,27H,8,10-12,14-15H2,1-3H3/t17-,18-,27+/m1/s1. The molecule has 10 nitrogen and oxygen atoms in total. The van der Waals surface area contributed by atoms with Gasteiger partial charge in [-0.3, -0.25) is 19.3 Å². The maximum atomic E-state index is 14.1. The molecule has 0 bridgehead atoms. The maximum Gasteiger partial charge on any atom is 0.416 e. The van der Waals surface area contributed by atoms with Crippen LogP contribution >= 0.6 is 23.2 Å². The van der Waals surface area contributed by atoms with Crippen molar-refractivity contribution in [1.82, 2.24) is 19.4 Å². The molecule has 0 spiro atoms. The molecule has 238 valence electrons. The first-order valence-electron chi connectivity index (χ1n) is 14.4. The summed E-state index contributed by atoms with van der Waals surface area (Å²) < 4.78 is 43.1. The van der Waals surface area contributed by atoms with E-state index in [1.54, 1.807) is 30.1 Å². The van der Waals surface area contributed by atoms with Gasteiger partial charge in [0, 0.05) is 50.4 Å². The Morgan fingerprint density at radius 2 is 1.89 bits per heavy atom. The lowest BCUT2D eigenvalue weighted by Gasteiger charge is -2.39. The summed E-state index contributed by atoms with van der Waals surface area (Å²) in [6, 6.07) is 5.69. The van der Waals surface area contributed by atoms with Gasteiger partial charge in [0.2, 0.25) is 17.7 Å². The smallest absolute Gasteiger partial charge is 0.362 e. The highest BCUT2D eigenvalue weighted by Gasteiger charge is 2.49. The zero-order valence-electron chi connectivity index (χ0n) is 24.7. The average Bonchev–Trinajstić information content (AvgIpc) is 3.52. The normalized spacial score (nSPS) is 21.8. The van der Waals surface area contributed by atoms with Crippen molar-refractivity contribution in [2.24, 2.45) is 5.92 Å². The Morgan fingerprint density at radius 1 is 1.13 bits per heavy atom. The summed E-state index contributed by atoms with van der Waals surface area (Å²) in [6.07, 6.45) is -2.82. The van der Waals surface area contributed by atoms with Gasteiger partial charge in [-0.25, -0.2) is 9.97 Å². The van der Waals surface area contributed by atoms with Crippen molar-refractivity contribution in [3.05, 3.63) is 64.3 Å². The van der Waals surface area contributed by atoms with Crippen molar-refractivity contribution in [2.75, 3.05) is 34.2 Å². The van der Waals surface area contributed by atoms with Crippen LogP contribution in [0.2, 0.25) is 5.02 Å². The third-order valence-electron chi connectivity index (χ3n) is 8.63. The number of hydrogen-bond donors (Lipinski definition) is 0. The summed E-state index contributed by atoms with van der Waals surface area (Å²) in [5, 5.41) is 0.387. The van der Waals surface area contributed by atoms with Crippen molar-refractivity contribution < 1.29 is 27.6 Å². The van der Waals surface area contributed by atoms with Gasteiger partial charge in [-0.1, -0.05) is 17.7 Å². The molecule has 3 aliphatic rings. The van der Waals surface area contributed by atoms with Crippen molar-refractivity contribution in [3.8, 4) is 0 Å². The maximum absolute atomic E-state index is 14.1. The number of rotatable bonds is 4. The van der Waals surface area contributed by atoms with E-state index in [9.17, 15) is 27.6 Å². The second-order valence-corrected chi connectivity index (χ2v) is 12.4. The van der Waals surface area contributed by atoms with Gasteiger partial charge in [0.15, 0.2) is 0 Å². The molecule has 0 N–H and O–H groups in total. The average molecular weight is 665 g/mol. The molecule has 45 heavy (non-hydrogen) atoms. The predicted molar refractivity (Wildman–Crippen MR) is 162 cm³/mol. The number of amides is 3. The highest BCUT2D eigenvalue weighted by molar-refractivity contribution is 6.34. The van der Waals surface area contributed by atoms with Crippen LogP contribution in [0.5, 0.6) is 0 Å². The van der Waals surface area contributed by atoms with Gasteiger partial charge in [-0.05, 0) is 38.1 Å². The van der Waals surface area contributed by atoms with Gasteiger partial charge in [-0.15, -0.1) is 11.6 Å². The molecule has 2 aromatic heterocycles. The van der Waals surface area contributed by atoms with Crippen molar-refractivity contribution in [1.29, 1.82) is 0 Å². The Balaban J connectivity index is 1.39. The molecule has 1 aromatic carbocycles. The van der Waals surface area contributed by atoms with Gasteiger partial charge in [0.05, 0.1) is 40.7 Å². The number of halogens is 5. The third-order valence-corrected chi connectivity index (χ3v) is 9.16. The quantitative estimate of drug-likeness (QED) is 0.378. The van der Waals surface area contributed by atoms with E-state index in [0.717, 1.165) is 17.0 Å². The zero-order valence-corrected chi connectivity index (χ0v) is 26.2. The molecule has 6 rings (SSSR count). The minimum absolute atomic E-state index is 0.0749. The number of likely N-dealkylation sites (N-methyl/N-ethyl adjacent to an activating group) is 1. The minimum Gasteiger partial charge on any atom is -0.362 e. The van der Waals surface area contributed by atoms with Gasteiger partial charge in [-0.2, -0.15) is 13.2 Å². The van der Waals surface area contributed by atoms with Crippen LogP contribution in [0.4, 0.5) is 30.4 Å². The number of aromatic nitrogens is 3. The van der Waals surface area contributed by atoms with Crippen LogP contribution in [0.3, 0.4) is 0 Å². The van der Waals surface area contributed by atoms with Gasteiger partial charge in [0.1, 0.15) is 23.6 Å². The molecular weight excluding hydrogens is 634 g/mol. The number of aryl methyl sites for hydroxylation is 1. The number of hydrogen-bond acceptors (Lipinski definition) is 6. The molecule has 15 heteroatoms. The summed E-state index contributed by atoms with van der Waals surface area (Å²) in [6.45, 7) is 4.65. The van der Waals surface area contributed by atoms with E-state index in [2.05, 4.69) is 4.98 Å². The monoisotopic (exact) mass is 663 g/mol. The van der Waals surface area contributed by atoms with Crippen LogP contribution in [-0.2, 0) is 40.2 Å². The van der Waals surface area contributed by atoms with Crippen LogP contribution in [0.15, 0.2) is 36.5 Å². The molecule has 0 saturated carbocycles. The Labute approximate surface area is 267 Å². The lowest BCUT2D eigenvalue weighted by molar-refractivity contribution is -0.137. The largest absolute Gasteiger partial charge is 0.416 e. The molecule has 1 saturated heterocycles. The Kier molecular flexibility index (Phi) is 7.97. The lowest BCUT2D eigenvalue weighted by Crippen LogP contribution is -2.52. The summed E-state index contributed by atoms with van der Waals surface area (Å²) in [5.41, 5.74) is 0.869. The van der Waals surface area contributed by atoms with Gasteiger partial charge < -0.3 is 19.3 Å². The fourth-order valence-electron chi connectivity index (χ4n) is 6.58. The number of carbonyl (C=O) groups is 3. The number of carbonyl (C=O) groups excluding carboxylic acids is 3. The number of imidazole rings is 1. The van der Waals surface area contributed by atoms with E-state index in [-0.39, 0.29) is 48.9 Å². The van der Waals surface area contributed by atoms with Crippen molar-refractivity contribution >= 4 is 58.1 Å². The van der Waals surface area contributed by atoms with E-state index in [1.807, 2.05) is 22.6 Å². The summed E-state index contributed by atoms with van der Waals surface area (Å²) in [4.78, 5) is 55.1. The topological polar surface area (TPSA) is 94.9 Å². The van der Waals surface area contributed by atoms with Crippen LogP contribution in [0, 0.1) is 12.8 Å². The third kappa shape index (κ3) is 5.60. The molecule has 5 heterocycles. The van der Waals surface area contributed by atoms with Crippen LogP contribution in [0.25, 0.3) is 0 Å². The highest BCUT2D eigenvalue weighted by Crippen LogP contribution is 2.43. The Morgan fingerprint density at radius 3 is 2.60 bits per heavy atom. The highest BCUT2D eigenvalue weighted by atomic mass is 35.5. The molecule has 3 amide bonds. The van der Waals surface area contributed by atoms with E-state index < -0.39 is 35.5 Å². The first kappa shape index (κ1) is 31.2. The number of anilines is 3. The second-order valence-electron chi connectivity index (χ2n) is 11.7. The van der Waals surface area contributed by atoms with E-state index in [0.29, 0.717) is 41.0 Å². The summed E-state index contributed by atoms with van der Waals surface area (Å²) >= 11 is 12.6. The number of para-hydroxylation sites is 1. The predicted octanol–water partition coefficient (Wildman–Crippen LogP) is 4.63. The first-order valence-corrected chi connectivity index (χ1v) is 15.3. The van der Waals surface area contributed by atoms with E-state index >= 15 is 0 Å². The lowest BCUT2D eigenvalue weighted by atomic mass is 9.95. The van der Waals surface area contributed by atoms with Crippen molar-refractivity contribution in [3.63, 3.8) is 0 Å². The fraction of sp³-hybridized carbons (Fsp3) is 0.433. The molecule has 3 aromatic rings. The zero-order chi connectivity index (χ0) is 32.4. The van der Waals surface area contributed by atoms with Crippen LogP contribution in [-0.4, -0.2) is 68.7 Å². The molecule has 1 fully saturated rings. The summed E-state index contributed by atoms with van der Waals surface area (Å²) in [7, 11) is 1.56. The van der Waals surface area contributed by atoms with E-state index in [4.69, 9.17) is 28.2 Å². The first-order chi connectivity index (χ1) is 21.3. The van der Waals surface area contributed by atoms with Gasteiger partial charge in [0.25, 0.3) is 0 Å². The molecule has 3 atom stereocenters. The minimum atomic E-state index is -4.66. The fourth-order valence-corrected chi connectivity index (χ4v) is 7.02. The number of pyridine rings is 1. The molecular formula is C30H30Cl2F3N7O3. The van der Waals surface area contributed by atoms with Crippen molar-refractivity contribution in [2.45, 2.75) is 58.2 Å². The number of alkyl halides is 4. The molecule has 0 radical (unpaired) electrons. The van der Waals surface area contributed by atoms with E-state index in [1.165, 1.54) is 11.8 Å². The number of fused-ring (bicyclic) bond motifs is 3. The van der Waals surface area contributed by atoms with Crippen LogP contribution < -0.4 is 14.7 Å². The summed E-state index contributed by atoms with van der Waals surface area (Å²) in [5.74, 6) is -1.36.